The number of benzene rings is 2. The molecule has 158 valence electrons. The van der Waals surface area contributed by atoms with E-state index in [1.54, 1.807) is 25.2 Å². The second-order valence-corrected chi connectivity index (χ2v) is 10.0. The predicted molar refractivity (Wildman–Crippen MR) is 118 cm³/mol. The maximum Gasteiger partial charge on any atom is 0.335 e. The predicted octanol–water partition coefficient (Wildman–Crippen LogP) is 2.44. The molecule has 0 bridgehead atoms. The van der Waals surface area contributed by atoms with E-state index in [-0.39, 0.29) is 32.0 Å². The van der Waals surface area contributed by atoms with Gasteiger partial charge in [-0.05, 0) is 54.2 Å². The highest BCUT2D eigenvalue weighted by Crippen LogP contribution is 2.43. The molecule has 2 aliphatic heterocycles. The van der Waals surface area contributed by atoms with Gasteiger partial charge in [-0.15, -0.1) is 4.40 Å². The Morgan fingerprint density at radius 2 is 1.84 bits per heavy atom. The summed E-state index contributed by atoms with van der Waals surface area (Å²) in [5, 5.41) is 11.1. The number of sulfonamides is 1. The molecule has 0 atom stereocenters. The van der Waals surface area contributed by atoms with Crippen LogP contribution in [0, 0.1) is 0 Å². The van der Waals surface area contributed by atoms with Crippen LogP contribution >= 0.6 is 27.7 Å². The number of hydrogen-bond acceptors (Lipinski definition) is 6. The molecule has 0 aliphatic carbocycles. The third-order valence-corrected chi connectivity index (χ3v) is 7.44. The number of carbonyl (C=O) groups excluding carboxylic acids is 2. The number of anilines is 1. The quantitative estimate of drug-likeness (QED) is 0.592. The van der Waals surface area contributed by atoms with Crippen molar-refractivity contribution < 1.29 is 27.9 Å². The van der Waals surface area contributed by atoms with Crippen molar-refractivity contribution in [3.8, 4) is 0 Å². The molecule has 9 nitrogen and oxygen atoms in total. The maximum absolute atomic E-state index is 12.8. The zero-order valence-corrected chi connectivity index (χ0v) is 18.8. The maximum atomic E-state index is 12.8. The van der Waals surface area contributed by atoms with Gasteiger partial charge >= 0.3 is 5.97 Å². The van der Waals surface area contributed by atoms with Gasteiger partial charge in [0.15, 0.2) is 5.17 Å². The van der Waals surface area contributed by atoms with Crippen molar-refractivity contribution in [2.45, 2.75) is 4.90 Å². The van der Waals surface area contributed by atoms with Crippen molar-refractivity contribution in [2.24, 2.45) is 4.40 Å². The highest BCUT2D eigenvalue weighted by molar-refractivity contribution is 9.10. The van der Waals surface area contributed by atoms with E-state index in [1.807, 2.05) is 0 Å². The Bertz CT molecular complexity index is 1330. The Labute approximate surface area is 189 Å². The number of carboxylic acid groups (broad SMARTS) is 1. The first-order chi connectivity index (χ1) is 14.6. The number of carbonyl (C=O) groups is 3. The lowest BCUT2D eigenvalue weighted by Gasteiger charge is -2.08. The lowest BCUT2D eigenvalue weighted by Crippen LogP contribution is -2.23. The number of likely N-dealkylation sites (N-methyl/N-ethyl adjacent to an activating group) is 1. The summed E-state index contributed by atoms with van der Waals surface area (Å²) in [7, 11) is -2.63. The Kier molecular flexibility index (Phi) is 5.23. The zero-order valence-electron chi connectivity index (χ0n) is 15.6. The molecule has 2 aliphatic rings. The zero-order chi connectivity index (χ0) is 22.5. The standard InChI is InChI=1S/C19H12BrN3O6S2/c1-23-13-7-4-10(20)8-12(13)14(17(23)25)15-16(24)21-19(30-15)22-31(28,29)11-5-2-9(3-6-11)18(26)27/h2-8H,1H3,(H,26,27)(H,21,22,24)/b15-14-. The van der Waals surface area contributed by atoms with Gasteiger partial charge in [0.25, 0.3) is 21.8 Å². The largest absolute Gasteiger partial charge is 0.478 e. The van der Waals surface area contributed by atoms with Crippen LogP contribution in [0.5, 0.6) is 0 Å². The Morgan fingerprint density at radius 1 is 1.16 bits per heavy atom. The molecule has 2 amide bonds. The van der Waals surface area contributed by atoms with Crippen LogP contribution < -0.4 is 10.2 Å². The number of nitrogens with zero attached hydrogens (tertiary/aromatic N) is 2. The third kappa shape index (κ3) is 3.77. The molecule has 2 aromatic carbocycles. The number of hydrogen-bond donors (Lipinski definition) is 2. The van der Waals surface area contributed by atoms with E-state index in [0.717, 1.165) is 40.5 Å². The number of aromatic carboxylic acids is 1. The lowest BCUT2D eigenvalue weighted by atomic mass is 10.1. The molecule has 0 aromatic heterocycles. The number of rotatable bonds is 3. The van der Waals surface area contributed by atoms with E-state index in [2.05, 4.69) is 25.6 Å². The highest BCUT2D eigenvalue weighted by Gasteiger charge is 2.38. The van der Waals surface area contributed by atoms with Crippen LogP contribution in [-0.4, -0.2) is 43.5 Å². The van der Waals surface area contributed by atoms with Crippen LogP contribution in [0.15, 0.2) is 61.1 Å². The summed E-state index contributed by atoms with van der Waals surface area (Å²) in [4.78, 5) is 37.5. The van der Waals surface area contributed by atoms with Crippen LogP contribution in [0.1, 0.15) is 15.9 Å². The summed E-state index contributed by atoms with van der Waals surface area (Å²) in [6, 6.07) is 9.74. The minimum atomic E-state index is -4.21. The Hall–Kier alpha value is -2.96. The van der Waals surface area contributed by atoms with Crippen molar-refractivity contribution in [2.75, 3.05) is 11.9 Å². The molecule has 0 spiro atoms. The monoisotopic (exact) mass is 521 g/mol. The molecule has 0 radical (unpaired) electrons. The van der Waals surface area contributed by atoms with Gasteiger partial charge in [-0.3, -0.25) is 14.9 Å². The average molecular weight is 522 g/mol. The first-order valence-corrected chi connectivity index (χ1v) is 11.6. The molecule has 1 fully saturated rings. The molecule has 0 saturated carbocycles. The summed E-state index contributed by atoms with van der Waals surface area (Å²) >= 11 is 4.10. The van der Waals surface area contributed by atoms with Gasteiger partial charge in [0.2, 0.25) is 0 Å². The van der Waals surface area contributed by atoms with E-state index in [0.29, 0.717) is 11.3 Å². The van der Waals surface area contributed by atoms with Gasteiger partial charge in [0, 0.05) is 17.1 Å². The van der Waals surface area contributed by atoms with Gasteiger partial charge in [-0.1, -0.05) is 15.9 Å². The van der Waals surface area contributed by atoms with Gasteiger partial charge in [-0.25, -0.2) is 4.79 Å². The van der Waals surface area contributed by atoms with E-state index in [4.69, 9.17) is 5.11 Å². The molecule has 0 unspecified atom stereocenters. The van der Waals surface area contributed by atoms with Gasteiger partial charge in [0.05, 0.1) is 26.6 Å². The van der Waals surface area contributed by atoms with Crippen molar-refractivity contribution in [1.29, 1.82) is 0 Å². The van der Waals surface area contributed by atoms with Crippen molar-refractivity contribution in [3.05, 3.63) is 63.0 Å². The first kappa shape index (κ1) is 21.3. The number of halogens is 1. The normalized spacial score (nSPS) is 19.7. The molecule has 4 rings (SSSR count). The summed E-state index contributed by atoms with van der Waals surface area (Å²) in [5.41, 5.74) is 1.26. The minimum absolute atomic E-state index is 0.0453. The summed E-state index contributed by atoms with van der Waals surface area (Å²) in [6.07, 6.45) is 0. The van der Waals surface area contributed by atoms with Crippen LogP contribution in [0.25, 0.3) is 5.57 Å². The number of amidine groups is 1. The van der Waals surface area contributed by atoms with Crippen molar-refractivity contribution in [3.63, 3.8) is 0 Å². The van der Waals surface area contributed by atoms with Gasteiger partial charge in [-0.2, -0.15) is 8.42 Å². The number of nitrogens with one attached hydrogen (secondary N) is 1. The highest BCUT2D eigenvalue weighted by atomic mass is 79.9. The summed E-state index contributed by atoms with van der Waals surface area (Å²) in [6.45, 7) is 0. The molecular weight excluding hydrogens is 510 g/mol. The number of carboxylic acids is 1. The lowest BCUT2D eigenvalue weighted by molar-refractivity contribution is -0.116. The average Bonchev–Trinajstić information content (AvgIpc) is 3.17. The smallest absolute Gasteiger partial charge is 0.335 e. The molecular formula is C19H12BrN3O6S2. The van der Waals surface area contributed by atoms with Crippen LogP contribution in [-0.2, 0) is 19.6 Å². The van der Waals surface area contributed by atoms with E-state index in [9.17, 15) is 22.8 Å². The number of fused-ring (bicyclic) bond motifs is 1. The molecule has 2 heterocycles. The fourth-order valence-corrected chi connectivity index (χ4v) is 5.51. The van der Waals surface area contributed by atoms with Crippen LogP contribution in [0.4, 0.5) is 5.69 Å². The number of thioether (sulfide) groups is 1. The summed E-state index contributed by atoms with van der Waals surface area (Å²) in [5.74, 6) is -2.22. The topological polar surface area (TPSA) is 133 Å². The molecule has 31 heavy (non-hydrogen) atoms. The summed E-state index contributed by atoms with van der Waals surface area (Å²) < 4.78 is 29.5. The van der Waals surface area contributed by atoms with Crippen molar-refractivity contribution in [1.82, 2.24) is 5.32 Å². The Morgan fingerprint density at radius 3 is 2.48 bits per heavy atom. The molecule has 2 aromatic rings. The number of amides is 2. The molecule has 2 N–H and O–H groups in total. The first-order valence-electron chi connectivity index (χ1n) is 8.58. The van der Waals surface area contributed by atoms with E-state index >= 15 is 0 Å². The SMILES string of the molecule is CN1C(=O)/C(=C2\SC(=NS(=O)(=O)c3ccc(C(=O)O)cc3)NC2=O)c2cc(Br)ccc21. The fraction of sp³-hybridized carbons (Fsp3) is 0.0526. The van der Waals surface area contributed by atoms with Crippen LogP contribution in [0.2, 0.25) is 0 Å². The van der Waals surface area contributed by atoms with Crippen molar-refractivity contribution >= 4 is 71.9 Å². The second-order valence-electron chi connectivity index (χ2n) is 6.49. The fourth-order valence-electron chi connectivity index (χ4n) is 3.07. The minimum Gasteiger partial charge on any atom is -0.478 e. The third-order valence-electron chi connectivity index (χ3n) is 4.56. The van der Waals surface area contributed by atoms with E-state index < -0.39 is 21.9 Å². The molecule has 12 heteroatoms. The van der Waals surface area contributed by atoms with Gasteiger partial charge < -0.3 is 10.0 Å². The second kappa shape index (κ2) is 7.62. The Balaban J connectivity index is 1.72. The van der Waals surface area contributed by atoms with Crippen LogP contribution in [0.3, 0.4) is 0 Å². The molecule has 1 saturated heterocycles. The van der Waals surface area contributed by atoms with E-state index in [1.165, 1.54) is 4.90 Å². The van der Waals surface area contributed by atoms with Gasteiger partial charge in [0.1, 0.15) is 0 Å².